The predicted molar refractivity (Wildman–Crippen MR) is 145 cm³/mol. The highest BCUT2D eigenvalue weighted by molar-refractivity contribution is 5.84. The molecule has 0 bridgehead atoms. The van der Waals surface area contributed by atoms with Crippen LogP contribution in [0.3, 0.4) is 0 Å². The Bertz CT molecular complexity index is 851. The van der Waals surface area contributed by atoms with Gasteiger partial charge in [-0.1, -0.05) is 85.1 Å². The molecule has 1 aromatic rings. The average molecular weight is 471 g/mol. The van der Waals surface area contributed by atoms with E-state index in [1.54, 1.807) is 0 Å². The fourth-order valence-electron chi connectivity index (χ4n) is 5.78. The second-order valence-corrected chi connectivity index (χ2v) is 11.7. The maximum Gasteiger partial charge on any atom is 0.313 e. The van der Waals surface area contributed by atoms with Crippen LogP contribution >= 0.6 is 0 Å². The molecular formula is C31H50O3. The summed E-state index contributed by atoms with van der Waals surface area (Å²) in [6.45, 7) is 18.0. The number of aliphatic carboxylic acids is 1. The fraction of sp³-hybridized carbons (Fsp3) is 0.710. The molecule has 0 fully saturated rings. The lowest BCUT2D eigenvalue weighted by atomic mass is 9.71. The summed E-state index contributed by atoms with van der Waals surface area (Å²) >= 11 is 0. The van der Waals surface area contributed by atoms with Crippen LogP contribution < -0.4 is 4.74 Å². The minimum absolute atomic E-state index is 0.580. The molecule has 192 valence electrons. The van der Waals surface area contributed by atoms with Crippen molar-refractivity contribution in [2.24, 2.45) is 17.8 Å². The van der Waals surface area contributed by atoms with Gasteiger partial charge in [-0.25, -0.2) is 0 Å². The summed E-state index contributed by atoms with van der Waals surface area (Å²) in [7, 11) is 0. The summed E-state index contributed by atoms with van der Waals surface area (Å²) in [6, 6.07) is 0. The Labute approximate surface area is 209 Å². The van der Waals surface area contributed by atoms with Crippen molar-refractivity contribution in [2.75, 3.05) is 6.61 Å². The van der Waals surface area contributed by atoms with Gasteiger partial charge in [0.25, 0.3) is 0 Å². The Kier molecular flexibility index (Phi) is 10.7. The van der Waals surface area contributed by atoms with Gasteiger partial charge < -0.3 is 9.84 Å². The minimum Gasteiger partial charge on any atom is -0.489 e. The van der Waals surface area contributed by atoms with Gasteiger partial charge in [0.1, 0.15) is 12.4 Å². The zero-order valence-electron chi connectivity index (χ0n) is 23.2. The molecule has 3 nitrogen and oxygen atoms in total. The van der Waals surface area contributed by atoms with E-state index in [1.807, 2.05) is 13.0 Å². The van der Waals surface area contributed by atoms with Crippen LogP contribution in [-0.4, -0.2) is 17.7 Å². The van der Waals surface area contributed by atoms with E-state index < -0.39 is 11.4 Å². The summed E-state index contributed by atoms with van der Waals surface area (Å²) < 4.78 is 5.91. The maximum absolute atomic E-state index is 12.6. The van der Waals surface area contributed by atoms with Crippen molar-refractivity contribution in [1.82, 2.24) is 0 Å². The number of carboxylic acids is 1. The van der Waals surface area contributed by atoms with Crippen LogP contribution in [0.2, 0.25) is 0 Å². The molecule has 3 heteroatoms. The molecule has 1 heterocycles. The Balaban J connectivity index is 1.97. The lowest BCUT2D eigenvalue weighted by Crippen LogP contribution is -2.35. The van der Waals surface area contributed by atoms with E-state index >= 15 is 0 Å². The molecule has 0 amide bonds. The van der Waals surface area contributed by atoms with Crippen molar-refractivity contribution < 1.29 is 14.6 Å². The molecule has 1 N–H and O–H groups in total. The van der Waals surface area contributed by atoms with Crippen LogP contribution in [0.5, 0.6) is 5.75 Å². The molecule has 0 radical (unpaired) electrons. The van der Waals surface area contributed by atoms with E-state index in [-0.39, 0.29) is 0 Å². The Morgan fingerprint density at radius 3 is 2.03 bits per heavy atom. The Morgan fingerprint density at radius 2 is 1.47 bits per heavy atom. The van der Waals surface area contributed by atoms with Crippen molar-refractivity contribution in [3.05, 3.63) is 33.9 Å². The number of fused-ring (bicyclic) bond motifs is 1. The van der Waals surface area contributed by atoms with E-state index in [0.29, 0.717) is 18.9 Å². The van der Waals surface area contributed by atoms with Gasteiger partial charge in [-0.15, -0.1) is 0 Å². The number of ether oxygens (including phenoxy) is 1. The van der Waals surface area contributed by atoms with E-state index in [1.165, 1.54) is 38.5 Å². The molecule has 1 aromatic carbocycles. The standard InChI is InChI=1S/C31H50O3/c1-21(2)13-9-14-22(3)15-10-16-23(4)17-11-19-31(8,30(32)33)28-24(5)25(6)29-27(26(28)7)18-12-20-34-29/h12,18,21-23H,9-11,13-17,19-20H2,1-8H3,(H,32,33)/t22-,23-,31?/m1/s1. The van der Waals surface area contributed by atoms with Crippen LogP contribution in [-0.2, 0) is 10.2 Å². The van der Waals surface area contributed by atoms with Crippen molar-refractivity contribution >= 4 is 12.0 Å². The first-order valence-corrected chi connectivity index (χ1v) is 13.7. The number of hydrogen-bond donors (Lipinski definition) is 1. The van der Waals surface area contributed by atoms with Gasteiger partial charge in [-0.3, -0.25) is 4.79 Å². The number of benzene rings is 1. The van der Waals surface area contributed by atoms with Gasteiger partial charge in [0.15, 0.2) is 0 Å². The monoisotopic (exact) mass is 470 g/mol. The Morgan fingerprint density at radius 1 is 0.912 bits per heavy atom. The molecule has 1 unspecified atom stereocenters. The molecule has 0 spiro atoms. The largest absolute Gasteiger partial charge is 0.489 e. The summed E-state index contributed by atoms with van der Waals surface area (Å²) in [5, 5.41) is 10.4. The summed E-state index contributed by atoms with van der Waals surface area (Å²) in [6.07, 6.45) is 14.7. The van der Waals surface area contributed by atoms with E-state index in [4.69, 9.17) is 4.74 Å². The highest BCUT2D eigenvalue weighted by Gasteiger charge is 2.39. The molecule has 34 heavy (non-hydrogen) atoms. The highest BCUT2D eigenvalue weighted by Crippen LogP contribution is 2.43. The first kappa shape index (κ1) is 28.5. The molecule has 0 aliphatic carbocycles. The average Bonchev–Trinajstić information content (AvgIpc) is 2.77. The minimum atomic E-state index is -0.885. The second-order valence-electron chi connectivity index (χ2n) is 11.7. The Hall–Kier alpha value is -1.77. The third-order valence-electron chi connectivity index (χ3n) is 8.18. The van der Waals surface area contributed by atoms with Crippen LogP contribution in [0.15, 0.2) is 6.08 Å². The number of carboxylic acid groups (broad SMARTS) is 1. The molecular weight excluding hydrogens is 420 g/mol. The first-order chi connectivity index (χ1) is 16.0. The molecule has 2 rings (SSSR count). The molecule has 0 saturated carbocycles. The fourth-order valence-corrected chi connectivity index (χ4v) is 5.78. The van der Waals surface area contributed by atoms with Crippen molar-refractivity contribution in [3.63, 3.8) is 0 Å². The first-order valence-electron chi connectivity index (χ1n) is 13.7. The van der Waals surface area contributed by atoms with Crippen molar-refractivity contribution in [3.8, 4) is 5.75 Å². The lowest BCUT2D eigenvalue weighted by Gasteiger charge is -2.32. The van der Waals surface area contributed by atoms with Crippen LogP contribution in [0.4, 0.5) is 0 Å². The van der Waals surface area contributed by atoms with E-state index in [0.717, 1.165) is 58.2 Å². The molecule has 0 aromatic heterocycles. The zero-order chi connectivity index (χ0) is 25.5. The summed E-state index contributed by atoms with van der Waals surface area (Å²) in [4.78, 5) is 12.6. The van der Waals surface area contributed by atoms with Gasteiger partial charge in [-0.05, 0) is 80.2 Å². The lowest BCUT2D eigenvalue weighted by molar-refractivity contribution is -0.143. The topological polar surface area (TPSA) is 46.5 Å². The van der Waals surface area contributed by atoms with Crippen LogP contribution in [0.25, 0.3) is 6.08 Å². The number of carbonyl (C=O) groups is 1. The van der Waals surface area contributed by atoms with Crippen LogP contribution in [0, 0.1) is 38.5 Å². The number of rotatable bonds is 14. The normalized spacial score (nSPS) is 16.6. The zero-order valence-corrected chi connectivity index (χ0v) is 23.2. The van der Waals surface area contributed by atoms with E-state index in [2.05, 4.69) is 54.5 Å². The molecule has 3 atom stereocenters. The van der Waals surface area contributed by atoms with Gasteiger partial charge >= 0.3 is 5.97 Å². The molecule has 1 aliphatic heterocycles. The summed E-state index contributed by atoms with van der Waals surface area (Å²) in [5.74, 6) is 2.47. The van der Waals surface area contributed by atoms with E-state index in [9.17, 15) is 9.90 Å². The third-order valence-corrected chi connectivity index (χ3v) is 8.18. The van der Waals surface area contributed by atoms with Crippen molar-refractivity contribution in [2.45, 2.75) is 119 Å². The molecule has 0 saturated heterocycles. The quantitative estimate of drug-likeness (QED) is 0.295. The van der Waals surface area contributed by atoms with Crippen molar-refractivity contribution in [1.29, 1.82) is 0 Å². The highest BCUT2D eigenvalue weighted by atomic mass is 16.5. The van der Waals surface area contributed by atoms with Gasteiger partial charge in [0, 0.05) is 5.56 Å². The smallest absolute Gasteiger partial charge is 0.313 e. The number of hydrogen-bond acceptors (Lipinski definition) is 2. The third kappa shape index (κ3) is 7.12. The molecule has 1 aliphatic rings. The van der Waals surface area contributed by atoms with Gasteiger partial charge in [-0.2, -0.15) is 0 Å². The van der Waals surface area contributed by atoms with Gasteiger partial charge in [0.2, 0.25) is 0 Å². The second kappa shape index (κ2) is 12.8. The maximum atomic E-state index is 12.6. The van der Waals surface area contributed by atoms with Crippen LogP contribution in [0.1, 0.15) is 120 Å². The predicted octanol–water partition coefficient (Wildman–Crippen LogP) is 8.80. The summed E-state index contributed by atoms with van der Waals surface area (Å²) in [5.41, 5.74) is 4.34. The van der Waals surface area contributed by atoms with Gasteiger partial charge in [0.05, 0.1) is 5.41 Å². The SMILES string of the molecule is Cc1c(C)c(C(C)(CCC[C@H](C)CCC[C@H](C)CCCC(C)C)C(=O)O)c(C)c2c1OCC=C2.